The van der Waals surface area contributed by atoms with Gasteiger partial charge in [-0.15, -0.1) is 0 Å². The van der Waals surface area contributed by atoms with Crippen LogP contribution in [0, 0.1) is 0 Å². The van der Waals surface area contributed by atoms with Crippen LogP contribution in [-0.4, -0.2) is 34.4 Å². The lowest BCUT2D eigenvalue weighted by molar-refractivity contribution is -0.132. The van der Waals surface area contributed by atoms with E-state index < -0.39 is 23.7 Å². The van der Waals surface area contributed by atoms with Gasteiger partial charge < -0.3 is 9.84 Å². The molecule has 0 bridgehead atoms. The number of hydrogen-bond donors (Lipinski definition) is 1. The molecule has 1 saturated heterocycles. The molecule has 7 nitrogen and oxygen atoms in total. The molecular formula is C26H22N2O5. The third-order valence-electron chi connectivity index (χ3n) is 5.28. The SMILES string of the molecule is CCCOC(=O)c1ccc(N2C(=O)C(=O)/C(=C(/O)c3ccccc3)C2c2ccccn2)cc1. The highest BCUT2D eigenvalue weighted by atomic mass is 16.5. The standard InChI is InChI=1S/C26H22N2O5/c1-2-16-33-26(32)18-11-13-19(14-12-18)28-22(20-10-6-7-15-27-20)21(24(30)25(28)31)23(29)17-8-4-3-5-9-17/h3-15,22,29H,2,16H2,1H3/b23-21+. The predicted octanol–water partition coefficient (Wildman–Crippen LogP) is 4.27. The summed E-state index contributed by atoms with van der Waals surface area (Å²) in [5.74, 6) is -2.33. The number of aliphatic hydroxyl groups is 1. The smallest absolute Gasteiger partial charge is 0.338 e. The number of aromatic nitrogens is 1. The van der Waals surface area contributed by atoms with Crippen molar-refractivity contribution in [3.8, 4) is 0 Å². The summed E-state index contributed by atoms with van der Waals surface area (Å²) in [4.78, 5) is 43.9. The van der Waals surface area contributed by atoms with Crippen molar-refractivity contribution in [3.63, 3.8) is 0 Å². The van der Waals surface area contributed by atoms with Crippen molar-refractivity contribution >= 4 is 29.1 Å². The van der Waals surface area contributed by atoms with Gasteiger partial charge in [0.15, 0.2) is 0 Å². The highest BCUT2D eigenvalue weighted by Gasteiger charge is 2.47. The summed E-state index contributed by atoms with van der Waals surface area (Å²) in [7, 11) is 0. The van der Waals surface area contributed by atoms with Crippen LogP contribution in [0.5, 0.6) is 0 Å². The Morgan fingerprint density at radius 1 is 0.970 bits per heavy atom. The largest absolute Gasteiger partial charge is 0.507 e. The van der Waals surface area contributed by atoms with E-state index in [0.717, 1.165) is 0 Å². The lowest BCUT2D eigenvalue weighted by Crippen LogP contribution is -2.29. The zero-order valence-corrected chi connectivity index (χ0v) is 18.0. The minimum atomic E-state index is -0.927. The number of carbonyl (C=O) groups excluding carboxylic acids is 3. The van der Waals surface area contributed by atoms with Gasteiger partial charge in [-0.2, -0.15) is 0 Å². The molecule has 1 atom stereocenters. The maximum atomic E-state index is 13.1. The van der Waals surface area contributed by atoms with Crippen molar-refractivity contribution in [1.82, 2.24) is 4.98 Å². The third-order valence-corrected chi connectivity index (χ3v) is 5.28. The van der Waals surface area contributed by atoms with Crippen LogP contribution in [0.15, 0.2) is 84.6 Å². The van der Waals surface area contributed by atoms with Gasteiger partial charge in [-0.1, -0.05) is 43.3 Å². The van der Waals surface area contributed by atoms with Gasteiger partial charge in [0.2, 0.25) is 0 Å². The van der Waals surface area contributed by atoms with Gasteiger partial charge in [0.05, 0.1) is 23.4 Å². The zero-order chi connectivity index (χ0) is 23.4. The van der Waals surface area contributed by atoms with E-state index in [9.17, 15) is 19.5 Å². The molecule has 166 valence electrons. The Balaban J connectivity index is 1.80. The van der Waals surface area contributed by atoms with E-state index in [4.69, 9.17) is 4.74 Å². The second-order valence-electron chi connectivity index (χ2n) is 7.47. The minimum Gasteiger partial charge on any atom is -0.507 e. The van der Waals surface area contributed by atoms with Crippen molar-refractivity contribution in [1.29, 1.82) is 0 Å². The number of aliphatic hydroxyl groups excluding tert-OH is 1. The van der Waals surface area contributed by atoms with E-state index in [-0.39, 0.29) is 11.3 Å². The lowest BCUT2D eigenvalue weighted by Gasteiger charge is -2.24. The van der Waals surface area contributed by atoms with E-state index in [1.54, 1.807) is 79.0 Å². The molecule has 7 heteroatoms. The molecular weight excluding hydrogens is 420 g/mol. The lowest BCUT2D eigenvalue weighted by atomic mass is 9.98. The molecule has 0 radical (unpaired) electrons. The van der Waals surface area contributed by atoms with Crippen LogP contribution in [0.4, 0.5) is 5.69 Å². The monoisotopic (exact) mass is 442 g/mol. The summed E-state index contributed by atoms with van der Waals surface area (Å²) >= 11 is 0. The Kier molecular flexibility index (Phi) is 6.31. The molecule has 1 N–H and O–H groups in total. The van der Waals surface area contributed by atoms with Crippen molar-refractivity contribution in [2.24, 2.45) is 0 Å². The van der Waals surface area contributed by atoms with Gasteiger partial charge in [-0.3, -0.25) is 19.5 Å². The molecule has 0 saturated carbocycles. The molecule has 2 aromatic carbocycles. The van der Waals surface area contributed by atoms with E-state index >= 15 is 0 Å². The maximum absolute atomic E-state index is 13.1. The Morgan fingerprint density at radius 3 is 2.30 bits per heavy atom. The van der Waals surface area contributed by atoms with Crippen molar-refractivity contribution < 1.29 is 24.2 Å². The van der Waals surface area contributed by atoms with Gasteiger partial charge in [0.25, 0.3) is 11.7 Å². The molecule has 1 aromatic heterocycles. The molecule has 1 amide bonds. The highest BCUT2D eigenvalue weighted by Crippen LogP contribution is 2.41. The molecule has 4 rings (SSSR count). The van der Waals surface area contributed by atoms with E-state index in [1.807, 2.05) is 6.92 Å². The van der Waals surface area contributed by atoms with Gasteiger partial charge in [-0.05, 0) is 42.8 Å². The zero-order valence-electron chi connectivity index (χ0n) is 18.0. The number of ether oxygens (including phenoxy) is 1. The van der Waals surface area contributed by atoms with Gasteiger partial charge in [0.1, 0.15) is 11.8 Å². The molecule has 0 spiro atoms. The number of pyridine rings is 1. The number of nitrogens with zero attached hydrogens (tertiary/aromatic N) is 2. The number of carbonyl (C=O) groups is 3. The summed E-state index contributed by atoms with van der Waals surface area (Å²) in [6, 6.07) is 19.1. The number of anilines is 1. The Morgan fingerprint density at radius 2 is 1.67 bits per heavy atom. The van der Waals surface area contributed by atoms with E-state index in [1.165, 1.54) is 4.90 Å². The summed E-state index contributed by atoms with van der Waals surface area (Å²) in [5, 5.41) is 11.0. The van der Waals surface area contributed by atoms with Crippen LogP contribution in [-0.2, 0) is 14.3 Å². The van der Waals surface area contributed by atoms with Crippen LogP contribution in [0.1, 0.15) is 41.0 Å². The van der Waals surface area contributed by atoms with Crippen LogP contribution >= 0.6 is 0 Å². The summed E-state index contributed by atoms with van der Waals surface area (Å²) < 4.78 is 5.14. The minimum absolute atomic E-state index is 0.0451. The fraction of sp³-hybridized carbons (Fsp3) is 0.154. The van der Waals surface area contributed by atoms with Crippen LogP contribution in [0.3, 0.4) is 0 Å². The Hall–Kier alpha value is -4.26. The number of benzene rings is 2. The van der Waals surface area contributed by atoms with Crippen LogP contribution in [0.25, 0.3) is 5.76 Å². The molecule has 1 aliphatic rings. The molecule has 3 aromatic rings. The topological polar surface area (TPSA) is 96.8 Å². The number of rotatable bonds is 6. The van der Waals surface area contributed by atoms with E-state index in [0.29, 0.717) is 35.5 Å². The van der Waals surface area contributed by atoms with Gasteiger partial charge in [0, 0.05) is 17.4 Å². The fourth-order valence-corrected chi connectivity index (χ4v) is 3.70. The second kappa shape index (κ2) is 9.48. The Bertz CT molecular complexity index is 1200. The average molecular weight is 442 g/mol. The van der Waals surface area contributed by atoms with Crippen molar-refractivity contribution in [2.75, 3.05) is 11.5 Å². The summed E-state index contributed by atoms with van der Waals surface area (Å²) in [5.41, 5.74) is 1.54. The van der Waals surface area contributed by atoms with Gasteiger partial charge >= 0.3 is 5.97 Å². The molecule has 0 aliphatic carbocycles. The van der Waals surface area contributed by atoms with E-state index in [2.05, 4.69) is 4.98 Å². The molecule has 1 fully saturated rings. The van der Waals surface area contributed by atoms with Gasteiger partial charge in [-0.25, -0.2) is 4.79 Å². The first-order chi connectivity index (χ1) is 16.0. The first-order valence-corrected chi connectivity index (χ1v) is 10.6. The molecule has 2 heterocycles. The summed E-state index contributed by atoms with van der Waals surface area (Å²) in [6.45, 7) is 2.22. The quantitative estimate of drug-likeness (QED) is 0.265. The maximum Gasteiger partial charge on any atom is 0.338 e. The molecule has 1 aliphatic heterocycles. The first-order valence-electron chi connectivity index (χ1n) is 10.6. The third kappa shape index (κ3) is 4.25. The van der Waals surface area contributed by atoms with Crippen molar-refractivity contribution in [3.05, 3.63) is 101 Å². The van der Waals surface area contributed by atoms with Crippen molar-refractivity contribution in [2.45, 2.75) is 19.4 Å². The van der Waals surface area contributed by atoms with Crippen LogP contribution < -0.4 is 4.90 Å². The number of Topliss-reactive ketones (excluding diaryl/α,β-unsaturated/α-hetero) is 1. The normalized spacial score (nSPS) is 17.2. The first kappa shape index (κ1) is 22.0. The molecule has 33 heavy (non-hydrogen) atoms. The summed E-state index contributed by atoms with van der Waals surface area (Å²) in [6.07, 6.45) is 2.27. The average Bonchev–Trinajstić information content (AvgIpc) is 3.13. The number of amides is 1. The fourth-order valence-electron chi connectivity index (χ4n) is 3.70. The number of esters is 1. The Labute approximate surface area is 191 Å². The molecule has 1 unspecified atom stereocenters. The number of ketones is 1. The second-order valence-corrected chi connectivity index (χ2v) is 7.47. The van der Waals surface area contributed by atoms with Crippen LogP contribution in [0.2, 0.25) is 0 Å². The highest BCUT2D eigenvalue weighted by molar-refractivity contribution is 6.51. The number of hydrogen-bond acceptors (Lipinski definition) is 6. The predicted molar refractivity (Wildman–Crippen MR) is 122 cm³/mol.